The number of methoxy groups -OCH3 is 1. The fraction of sp³-hybridized carbons (Fsp3) is 0.353. The molecule has 106 valence electrons. The molecule has 20 heavy (non-hydrogen) atoms. The molecule has 2 rings (SSSR count). The van der Waals surface area contributed by atoms with Crippen molar-refractivity contribution < 1.29 is 14.3 Å². The molecule has 0 aliphatic heterocycles. The van der Waals surface area contributed by atoms with E-state index < -0.39 is 0 Å². The summed E-state index contributed by atoms with van der Waals surface area (Å²) in [6.45, 7) is 3.94. The lowest BCUT2D eigenvalue weighted by Gasteiger charge is -2.13. The van der Waals surface area contributed by atoms with Crippen molar-refractivity contribution in [1.82, 2.24) is 0 Å². The lowest BCUT2D eigenvalue weighted by Crippen LogP contribution is -2.17. The normalized spacial score (nSPS) is 17.4. The number of carbonyl (C=O) groups is 1. The number of allylic oxidation sites excluding steroid dienone is 2. The van der Waals surface area contributed by atoms with Gasteiger partial charge in [-0.25, -0.2) is 4.79 Å². The number of rotatable bonds is 5. The maximum absolute atomic E-state index is 12.0. The van der Waals surface area contributed by atoms with Gasteiger partial charge in [0.15, 0.2) is 0 Å². The van der Waals surface area contributed by atoms with Crippen LogP contribution >= 0.6 is 0 Å². The summed E-state index contributed by atoms with van der Waals surface area (Å²) in [7, 11) is 1.58. The number of hydrogen-bond acceptors (Lipinski definition) is 3. The van der Waals surface area contributed by atoms with E-state index in [2.05, 4.69) is 24.3 Å². The first kappa shape index (κ1) is 14.5. The average Bonchev–Trinajstić information content (AvgIpc) is 2.81. The van der Waals surface area contributed by atoms with Crippen LogP contribution in [0.3, 0.4) is 0 Å². The lowest BCUT2D eigenvalue weighted by molar-refractivity contribution is -0.143. The van der Waals surface area contributed by atoms with Crippen LogP contribution in [0.1, 0.15) is 30.9 Å². The summed E-state index contributed by atoms with van der Waals surface area (Å²) in [5, 5.41) is 0. The summed E-state index contributed by atoms with van der Waals surface area (Å²) in [6, 6.07) is 8.17. The highest BCUT2D eigenvalue weighted by atomic mass is 16.5. The third kappa shape index (κ3) is 3.36. The first-order chi connectivity index (χ1) is 9.61. The van der Waals surface area contributed by atoms with Crippen molar-refractivity contribution >= 4 is 12.0 Å². The zero-order chi connectivity index (χ0) is 14.5. The number of ether oxygens (including phenoxy) is 2. The molecule has 0 heterocycles. The molecule has 0 saturated heterocycles. The van der Waals surface area contributed by atoms with Crippen LogP contribution in [0, 0.1) is 0 Å². The number of benzene rings is 1. The SMILES string of the molecule is COCC(=CC1C=Cc2ccccc21)C(=O)OC(C)C. The van der Waals surface area contributed by atoms with Gasteiger partial charge in [-0.05, 0) is 25.0 Å². The lowest BCUT2D eigenvalue weighted by atomic mass is 9.98. The average molecular weight is 272 g/mol. The topological polar surface area (TPSA) is 35.5 Å². The predicted octanol–water partition coefficient (Wildman–Crippen LogP) is 3.32. The zero-order valence-electron chi connectivity index (χ0n) is 12.1. The van der Waals surface area contributed by atoms with Gasteiger partial charge in [-0.15, -0.1) is 0 Å². The fourth-order valence-corrected chi connectivity index (χ4v) is 2.26. The van der Waals surface area contributed by atoms with E-state index in [1.165, 1.54) is 11.1 Å². The van der Waals surface area contributed by atoms with Crippen LogP contribution in [0.5, 0.6) is 0 Å². The Morgan fingerprint density at radius 1 is 1.35 bits per heavy atom. The van der Waals surface area contributed by atoms with Crippen molar-refractivity contribution in [2.24, 2.45) is 0 Å². The molecule has 0 radical (unpaired) electrons. The molecule has 1 aliphatic carbocycles. The highest BCUT2D eigenvalue weighted by molar-refractivity contribution is 5.89. The van der Waals surface area contributed by atoms with E-state index in [1.807, 2.05) is 32.1 Å². The standard InChI is InChI=1S/C17H20O3/c1-12(2)20-17(18)15(11-19-3)10-14-9-8-13-6-4-5-7-16(13)14/h4-10,12,14H,11H2,1-3H3. The summed E-state index contributed by atoms with van der Waals surface area (Å²) < 4.78 is 10.4. The minimum absolute atomic E-state index is 0.107. The van der Waals surface area contributed by atoms with Gasteiger partial charge in [0.1, 0.15) is 0 Å². The number of esters is 1. The summed E-state index contributed by atoms with van der Waals surface area (Å²) in [6.07, 6.45) is 5.96. The van der Waals surface area contributed by atoms with Gasteiger partial charge in [-0.1, -0.05) is 42.5 Å². The Hall–Kier alpha value is -1.87. The molecule has 1 aromatic carbocycles. The van der Waals surface area contributed by atoms with Crippen LogP contribution < -0.4 is 0 Å². The van der Waals surface area contributed by atoms with Gasteiger partial charge in [-0.2, -0.15) is 0 Å². The van der Waals surface area contributed by atoms with Gasteiger partial charge >= 0.3 is 5.97 Å². The quantitative estimate of drug-likeness (QED) is 0.609. The Kier molecular flexibility index (Phi) is 4.74. The largest absolute Gasteiger partial charge is 0.460 e. The van der Waals surface area contributed by atoms with Gasteiger partial charge in [-0.3, -0.25) is 0 Å². The van der Waals surface area contributed by atoms with Gasteiger partial charge in [0.05, 0.1) is 18.3 Å². The van der Waals surface area contributed by atoms with Crippen molar-refractivity contribution in [3.8, 4) is 0 Å². The molecule has 1 aromatic rings. The van der Waals surface area contributed by atoms with Crippen LogP contribution in [-0.2, 0) is 14.3 Å². The van der Waals surface area contributed by atoms with Crippen molar-refractivity contribution in [3.05, 3.63) is 53.1 Å². The second-order valence-corrected chi connectivity index (χ2v) is 5.09. The molecule has 0 spiro atoms. The molecule has 1 atom stereocenters. The molecular weight excluding hydrogens is 252 g/mol. The zero-order valence-corrected chi connectivity index (χ0v) is 12.1. The number of hydrogen-bond donors (Lipinski definition) is 0. The molecule has 0 N–H and O–H groups in total. The summed E-state index contributed by atoms with van der Waals surface area (Å²) >= 11 is 0. The molecule has 0 aromatic heterocycles. The Bertz CT molecular complexity index is 541. The Morgan fingerprint density at radius 3 is 2.80 bits per heavy atom. The van der Waals surface area contributed by atoms with Crippen LogP contribution in [0.15, 0.2) is 42.0 Å². The smallest absolute Gasteiger partial charge is 0.336 e. The summed E-state index contributed by atoms with van der Waals surface area (Å²) in [4.78, 5) is 12.0. The molecule has 1 unspecified atom stereocenters. The van der Waals surface area contributed by atoms with Gasteiger partial charge in [0, 0.05) is 13.0 Å². The summed E-state index contributed by atoms with van der Waals surface area (Å²) in [5.41, 5.74) is 2.97. The van der Waals surface area contributed by atoms with E-state index in [0.29, 0.717) is 5.57 Å². The van der Waals surface area contributed by atoms with Gasteiger partial charge in [0.2, 0.25) is 0 Å². The molecular formula is C17H20O3. The molecule has 3 nitrogen and oxygen atoms in total. The van der Waals surface area contributed by atoms with Crippen molar-refractivity contribution in [2.45, 2.75) is 25.9 Å². The second kappa shape index (κ2) is 6.53. The summed E-state index contributed by atoms with van der Waals surface area (Å²) in [5.74, 6) is -0.198. The Labute approximate surface area is 119 Å². The molecule has 0 amide bonds. The van der Waals surface area contributed by atoms with E-state index in [4.69, 9.17) is 9.47 Å². The first-order valence-electron chi connectivity index (χ1n) is 6.79. The molecule has 0 saturated carbocycles. The third-order valence-corrected chi connectivity index (χ3v) is 3.12. The fourth-order valence-electron chi connectivity index (χ4n) is 2.26. The highest BCUT2D eigenvalue weighted by Crippen LogP contribution is 2.31. The Balaban J connectivity index is 2.22. The maximum Gasteiger partial charge on any atom is 0.336 e. The van der Waals surface area contributed by atoms with E-state index in [-0.39, 0.29) is 24.6 Å². The third-order valence-electron chi connectivity index (χ3n) is 3.12. The van der Waals surface area contributed by atoms with Crippen molar-refractivity contribution in [3.63, 3.8) is 0 Å². The van der Waals surface area contributed by atoms with Crippen LogP contribution in [0.4, 0.5) is 0 Å². The molecule has 0 fully saturated rings. The monoisotopic (exact) mass is 272 g/mol. The first-order valence-corrected chi connectivity index (χ1v) is 6.79. The number of fused-ring (bicyclic) bond motifs is 1. The van der Waals surface area contributed by atoms with Crippen molar-refractivity contribution in [1.29, 1.82) is 0 Å². The van der Waals surface area contributed by atoms with Gasteiger partial charge in [0.25, 0.3) is 0 Å². The molecule has 3 heteroatoms. The highest BCUT2D eigenvalue weighted by Gasteiger charge is 2.19. The van der Waals surface area contributed by atoms with E-state index in [0.717, 1.165) is 0 Å². The van der Waals surface area contributed by atoms with Crippen LogP contribution in [-0.4, -0.2) is 25.8 Å². The molecule has 0 bridgehead atoms. The number of carbonyl (C=O) groups excluding carboxylic acids is 1. The predicted molar refractivity (Wildman–Crippen MR) is 79.4 cm³/mol. The van der Waals surface area contributed by atoms with Crippen molar-refractivity contribution in [2.75, 3.05) is 13.7 Å². The molecule has 1 aliphatic rings. The van der Waals surface area contributed by atoms with Crippen LogP contribution in [0.25, 0.3) is 6.08 Å². The van der Waals surface area contributed by atoms with E-state index in [9.17, 15) is 4.79 Å². The van der Waals surface area contributed by atoms with Gasteiger partial charge < -0.3 is 9.47 Å². The maximum atomic E-state index is 12.0. The minimum Gasteiger partial charge on any atom is -0.460 e. The van der Waals surface area contributed by atoms with E-state index >= 15 is 0 Å². The Morgan fingerprint density at radius 2 is 2.10 bits per heavy atom. The van der Waals surface area contributed by atoms with Crippen LogP contribution in [0.2, 0.25) is 0 Å². The minimum atomic E-state index is -0.306. The second-order valence-electron chi connectivity index (χ2n) is 5.09. The van der Waals surface area contributed by atoms with E-state index in [1.54, 1.807) is 7.11 Å².